The van der Waals surface area contributed by atoms with Crippen LogP contribution in [0.1, 0.15) is 30.2 Å². The van der Waals surface area contributed by atoms with Crippen LogP contribution in [-0.4, -0.2) is 14.8 Å². The number of rotatable bonds is 4. The predicted octanol–water partition coefficient (Wildman–Crippen LogP) is 2.11. The zero-order chi connectivity index (χ0) is 13.1. The van der Waals surface area contributed by atoms with Gasteiger partial charge in [-0.1, -0.05) is 12.1 Å². The van der Waals surface area contributed by atoms with Gasteiger partial charge in [0.1, 0.15) is 17.5 Å². The summed E-state index contributed by atoms with van der Waals surface area (Å²) in [7, 11) is 1.94. The van der Waals surface area contributed by atoms with Crippen molar-refractivity contribution in [1.29, 1.82) is 0 Å². The van der Waals surface area contributed by atoms with Crippen LogP contribution in [0.15, 0.2) is 24.3 Å². The van der Waals surface area contributed by atoms with Gasteiger partial charge in [-0.05, 0) is 31.5 Å². The lowest BCUT2D eigenvalue weighted by atomic mass is 10.1. The molecule has 0 aliphatic rings. The molecule has 0 saturated heterocycles. The van der Waals surface area contributed by atoms with Crippen molar-refractivity contribution < 1.29 is 4.39 Å². The van der Waals surface area contributed by atoms with Gasteiger partial charge in [-0.3, -0.25) is 0 Å². The van der Waals surface area contributed by atoms with Crippen molar-refractivity contribution in [3.05, 3.63) is 47.3 Å². The van der Waals surface area contributed by atoms with E-state index in [1.807, 2.05) is 25.5 Å². The van der Waals surface area contributed by atoms with Gasteiger partial charge < -0.3 is 9.88 Å². The second kappa shape index (κ2) is 5.27. The van der Waals surface area contributed by atoms with E-state index in [2.05, 4.69) is 15.5 Å². The molecule has 0 radical (unpaired) electrons. The molecule has 2 rings (SSSR count). The number of nitrogens with one attached hydrogen (secondary N) is 1. The van der Waals surface area contributed by atoms with Crippen LogP contribution in [-0.2, 0) is 13.6 Å². The zero-order valence-corrected chi connectivity index (χ0v) is 10.8. The molecule has 0 bridgehead atoms. The Morgan fingerprint density at radius 1 is 1.28 bits per heavy atom. The molecule has 2 aromatic rings. The van der Waals surface area contributed by atoms with E-state index < -0.39 is 0 Å². The van der Waals surface area contributed by atoms with E-state index in [1.54, 1.807) is 12.1 Å². The Morgan fingerprint density at radius 2 is 1.94 bits per heavy atom. The third-order valence-corrected chi connectivity index (χ3v) is 3.12. The van der Waals surface area contributed by atoms with Gasteiger partial charge in [-0.2, -0.15) is 0 Å². The topological polar surface area (TPSA) is 42.7 Å². The molecule has 18 heavy (non-hydrogen) atoms. The fraction of sp³-hybridized carbons (Fsp3) is 0.385. The number of aryl methyl sites for hydroxylation is 1. The molecular formula is C13H17FN4. The molecule has 4 nitrogen and oxygen atoms in total. The lowest BCUT2D eigenvalue weighted by molar-refractivity contribution is 0.545. The van der Waals surface area contributed by atoms with Crippen LogP contribution < -0.4 is 5.32 Å². The Balaban J connectivity index is 1.98. The first kappa shape index (κ1) is 12.7. The van der Waals surface area contributed by atoms with Crippen molar-refractivity contribution in [1.82, 2.24) is 20.1 Å². The van der Waals surface area contributed by atoms with Gasteiger partial charge >= 0.3 is 0 Å². The molecule has 96 valence electrons. The van der Waals surface area contributed by atoms with Crippen molar-refractivity contribution in [3.8, 4) is 0 Å². The summed E-state index contributed by atoms with van der Waals surface area (Å²) in [4.78, 5) is 0. The van der Waals surface area contributed by atoms with Gasteiger partial charge in [0.2, 0.25) is 0 Å². The second-order valence-electron chi connectivity index (χ2n) is 4.38. The van der Waals surface area contributed by atoms with Gasteiger partial charge in [0.05, 0.1) is 6.54 Å². The van der Waals surface area contributed by atoms with Gasteiger partial charge in [0.15, 0.2) is 0 Å². The first-order valence-corrected chi connectivity index (χ1v) is 5.91. The molecule has 0 spiro atoms. The van der Waals surface area contributed by atoms with E-state index in [-0.39, 0.29) is 11.9 Å². The molecule has 5 heteroatoms. The maximum absolute atomic E-state index is 12.8. The molecule has 0 aliphatic heterocycles. The Labute approximate surface area is 106 Å². The fourth-order valence-electron chi connectivity index (χ4n) is 1.72. The van der Waals surface area contributed by atoms with Crippen molar-refractivity contribution in [3.63, 3.8) is 0 Å². The normalized spacial score (nSPS) is 12.7. The molecule has 1 atom stereocenters. The van der Waals surface area contributed by atoms with Crippen molar-refractivity contribution in [2.24, 2.45) is 7.05 Å². The van der Waals surface area contributed by atoms with Crippen molar-refractivity contribution >= 4 is 0 Å². The molecular weight excluding hydrogens is 231 g/mol. The molecule has 1 aromatic heterocycles. The first-order chi connectivity index (χ1) is 8.58. The average Bonchev–Trinajstić information content (AvgIpc) is 2.68. The monoisotopic (exact) mass is 248 g/mol. The summed E-state index contributed by atoms with van der Waals surface area (Å²) in [5, 5.41) is 11.4. The van der Waals surface area contributed by atoms with Crippen molar-refractivity contribution in [2.75, 3.05) is 0 Å². The van der Waals surface area contributed by atoms with Crippen LogP contribution in [0.25, 0.3) is 0 Å². The third-order valence-electron chi connectivity index (χ3n) is 3.12. The quantitative estimate of drug-likeness (QED) is 0.901. The Morgan fingerprint density at radius 3 is 2.50 bits per heavy atom. The van der Waals surface area contributed by atoms with Gasteiger partial charge in [0.25, 0.3) is 0 Å². The summed E-state index contributed by atoms with van der Waals surface area (Å²) in [6, 6.07) is 6.66. The van der Waals surface area contributed by atoms with E-state index in [4.69, 9.17) is 0 Å². The SMILES string of the molecule is Cc1nnc(CNC(C)c2ccc(F)cc2)n1C. The second-order valence-corrected chi connectivity index (χ2v) is 4.38. The smallest absolute Gasteiger partial charge is 0.146 e. The zero-order valence-electron chi connectivity index (χ0n) is 10.8. The summed E-state index contributed by atoms with van der Waals surface area (Å²) in [6.07, 6.45) is 0. The number of aromatic nitrogens is 3. The number of benzene rings is 1. The van der Waals surface area contributed by atoms with Gasteiger partial charge in [0, 0.05) is 13.1 Å². The Bertz CT molecular complexity index is 518. The summed E-state index contributed by atoms with van der Waals surface area (Å²) in [6.45, 7) is 4.59. The molecule has 1 unspecified atom stereocenters. The molecule has 1 aromatic carbocycles. The first-order valence-electron chi connectivity index (χ1n) is 5.91. The van der Waals surface area contributed by atoms with Crippen LogP contribution in [0.5, 0.6) is 0 Å². The minimum atomic E-state index is -0.213. The minimum Gasteiger partial charge on any atom is -0.317 e. The highest BCUT2D eigenvalue weighted by atomic mass is 19.1. The highest BCUT2D eigenvalue weighted by molar-refractivity contribution is 5.19. The van der Waals surface area contributed by atoms with Gasteiger partial charge in [-0.25, -0.2) is 4.39 Å². The summed E-state index contributed by atoms with van der Waals surface area (Å²) < 4.78 is 14.8. The summed E-state index contributed by atoms with van der Waals surface area (Å²) in [5.41, 5.74) is 1.05. The van der Waals surface area contributed by atoms with E-state index in [0.29, 0.717) is 6.54 Å². The van der Waals surface area contributed by atoms with Crippen LogP contribution in [0.3, 0.4) is 0 Å². The van der Waals surface area contributed by atoms with E-state index in [1.165, 1.54) is 12.1 Å². The Hall–Kier alpha value is -1.75. The maximum atomic E-state index is 12.8. The lowest BCUT2D eigenvalue weighted by Crippen LogP contribution is -2.20. The highest BCUT2D eigenvalue weighted by Crippen LogP contribution is 2.13. The highest BCUT2D eigenvalue weighted by Gasteiger charge is 2.08. The summed E-state index contributed by atoms with van der Waals surface area (Å²) >= 11 is 0. The van der Waals surface area contributed by atoms with Crippen LogP contribution in [0.2, 0.25) is 0 Å². The molecule has 0 fully saturated rings. The maximum Gasteiger partial charge on any atom is 0.146 e. The largest absolute Gasteiger partial charge is 0.317 e. The lowest BCUT2D eigenvalue weighted by Gasteiger charge is -2.13. The fourth-order valence-corrected chi connectivity index (χ4v) is 1.72. The van der Waals surface area contributed by atoms with Crippen LogP contribution in [0, 0.1) is 12.7 Å². The average molecular weight is 248 g/mol. The van der Waals surface area contributed by atoms with Crippen molar-refractivity contribution in [2.45, 2.75) is 26.4 Å². The minimum absolute atomic E-state index is 0.141. The molecule has 1 N–H and O–H groups in total. The Kier molecular flexibility index (Phi) is 3.72. The number of nitrogens with zero attached hydrogens (tertiary/aromatic N) is 3. The standard InChI is InChI=1S/C13H17FN4/c1-9(11-4-6-12(14)7-5-11)15-8-13-17-16-10(2)18(13)3/h4-7,9,15H,8H2,1-3H3. The van der Waals surface area contributed by atoms with E-state index in [0.717, 1.165) is 17.2 Å². The number of halogens is 1. The molecule has 0 saturated carbocycles. The molecule has 1 heterocycles. The predicted molar refractivity (Wildman–Crippen MR) is 67.4 cm³/mol. The number of hydrogen-bond donors (Lipinski definition) is 1. The van der Waals surface area contributed by atoms with E-state index >= 15 is 0 Å². The van der Waals surface area contributed by atoms with Crippen LogP contribution >= 0.6 is 0 Å². The molecule has 0 amide bonds. The number of hydrogen-bond acceptors (Lipinski definition) is 3. The van der Waals surface area contributed by atoms with E-state index in [9.17, 15) is 4.39 Å². The van der Waals surface area contributed by atoms with Gasteiger partial charge in [-0.15, -0.1) is 10.2 Å². The molecule has 0 aliphatic carbocycles. The van der Waals surface area contributed by atoms with Crippen LogP contribution in [0.4, 0.5) is 4.39 Å². The third kappa shape index (κ3) is 2.73. The summed E-state index contributed by atoms with van der Waals surface area (Å²) in [5.74, 6) is 1.57.